The van der Waals surface area contributed by atoms with E-state index in [2.05, 4.69) is 4.98 Å². The van der Waals surface area contributed by atoms with Gasteiger partial charge in [-0.05, 0) is 44.2 Å². The lowest BCUT2D eigenvalue weighted by Crippen LogP contribution is -2.24. The summed E-state index contributed by atoms with van der Waals surface area (Å²) in [6, 6.07) is 10.4. The number of nitrogens with two attached hydrogens (primary N) is 1. The Balaban J connectivity index is 2.33. The van der Waals surface area contributed by atoms with Crippen molar-refractivity contribution in [3.8, 4) is 0 Å². The number of alkyl halides is 2. The van der Waals surface area contributed by atoms with Crippen molar-refractivity contribution in [1.29, 1.82) is 0 Å². The maximum absolute atomic E-state index is 13.2. The van der Waals surface area contributed by atoms with Crippen molar-refractivity contribution in [2.24, 2.45) is 0 Å². The molecule has 0 amide bonds. The SMILES string of the molecule is CCN(Cc1cccc(C)n1)c1ccc(N)cc1C(F)F. The Morgan fingerprint density at radius 1 is 1.24 bits per heavy atom. The largest absolute Gasteiger partial charge is 0.399 e. The van der Waals surface area contributed by atoms with Gasteiger partial charge in [-0.2, -0.15) is 0 Å². The lowest BCUT2D eigenvalue weighted by atomic mass is 10.1. The minimum Gasteiger partial charge on any atom is -0.399 e. The van der Waals surface area contributed by atoms with E-state index in [0.29, 0.717) is 24.5 Å². The van der Waals surface area contributed by atoms with E-state index in [9.17, 15) is 8.78 Å². The number of nitrogen functional groups attached to an aromatic ring is 1. The maximum Gasteiger partial charge on any atom is 0.265 e. The van der Waals surface area contributed by atoms with E-state index in [1.54, 1.807) is 12.1 Å². The first-order valence-corrected chi connectivity index (χ1v) is 6.86. The number of nitrogens with zero attached hydrogens (tertiary/aromatic N) is 2. The van der Waals surface area contributed by atoms with Crippen LogP contribution in [0.3, 0.4) is 0 Å². The monoisotopic (exact) mass is 291 g/mol. The number of aryl methyl sites for hydroxylation is 1. The zero-order chi connectivity index (χ0) is 15.4. The highest BCUT2D eigenvalue weighted by atomic mass is 19.3. The number of halogens is 2. The number of anilines is 2. The van der Waals surface area contributed by atoms with Gasteiger partial charge in [-0.15, -0.1) is 0 Å². The summed E-state index contributed by atoms with van der Waals surface area (Å²) in [5, 5.41) is 0. The summed E-state index contributed by atoms with van der Waals surface area (Å²) in [5.41, 5.74) is 8.20. The molecule has 5 heteroatoms. The molecule has 0 unspecified atom stereocenters. The van der Waals surface area contributed by atoms with Crippen LogP contribution in [0.2, 0.25) is 0 Å². The third-order valence-corrected chi connectivity index (χ3v) is 3.31. The molecular weight excluding hydrogens is 272 g/mol. The molecule has 0 fully saturated rings. The molecule has 0 aliphatic rings. The average molecular weight is 291 g/mol. The number of benzene rings is 1. The van der Waals surface area contributed by atoms with Crippen LogP contribution in [0.25, 0.3) is 0 Å². The Labute approximate surface area is 123 Å². The van der Waals surface area contributed by atoms with Gasteiger partial charge in [-0.25, -0.2) is 8.78 Å². The smallest absolute Gasteiger partial charge is 0.265 e. The van der Waals surface area contributed by atoms with Gasteiger partial charge in [0.15, 0.2) is 0 Å². The molecule has 1 aromatic heterocycles. The van der Waals surface area contributed by atoms with Gasteiger partial charge >= 0.3 is 0 Å². The average Bonchev–Trinajstić information content (AvgIpc) is 2.45. The van der Waals surface area contributed by atoms with Crippen LogP contribution < -0.4 is 10.6 Å². The second-order valence-electron chi connectivity index (χ2n) is 4.90. The Morgan fingerprint density at radius 2 is 2.00 bits per heavy atom. The van der Waals surface area contributed by atoms with Gasteiger partial charge in [0.1, 0.15) is 0 Å². The highest BCUT2D eigenvalue weighted by molar-refractivity contribution is 5.60. The van der Waals surface area contributed by atoms with Crippen molar-refractivity contribution in [2.45, 2.75) is 26.8 Å². The minimum atomic E-state index is -2.55. The Kier molecular flexibility index (Phi) is 4.73. The van der Waals surface area contributed by atoms with Crippen molar-refractivity contribution >= 4 is 11.4 Å². The Morgan fingerprint density at radius 3 is 2.62 bits per heavy atom. The van der Waals surface area contributed by atoms with Crippen LogP contribution >= 0.6 is 0 Å². The van der Waals surface area contributed by atoms with Crippen LogP contribution in [-0.4, -0.2) is 11.5 Å². The molecule has 0 saturated carbocycles. The summed E-state index contributed by atoms with van der Waals surface area (Å²) in [7, 11) is 0. The molecule has 0 radical (unpaired) electrons. The summed E-state index contributed by atoms with van der Waals surface area (Å²) < 4.78 is 26.4. The molecule has 1 aromatic carbocycles. The van der Waals surface area contributed by atoms with E-state index in [4.69, 9.17) is 5.73 Å². The van der Waals surface area contributed by atoms with Gasteiger partial charge in [0, 0.05) is 29.2 Å². The standard InChI is InChI=1S/C16H19F2N3/c1-3-21(10-13-6-4-5-11(2)20-13)15-8-7-12(19)9-14(15)16(17)18/h4-9,16H,3,10,19H2,1-2H3. The summed E-state index contributed by atoms with van der Waals surface area (Å²) in [4.78, 5) is 6.30. The Bertz CT molecular complexity index is 614. The first-order valence-electron chi connectivity index (χ1n) is 6.86. The first kappa shape index (κ1) is 15.2. The molecule has 112 valence electrons. The number of hydrogen-bond donors (Lipinski definition) is 1. The molecule has 0 saturated heterocycles. The lowest BCUT2D eigenvalue weighted by Gasteiger charge is -2.25. The molecule has 1 heterocycles. The summed E-state index contributed by atoms with van der Waals surface area (Å²) >= 11 is 0. The quantitative estimate of drug-likeness (QED) is 0.848. The molecule has 0 atom stereocenters. The fraction of sp³-hybridized carbons (Fsp3) is 0.312. The molecular formula is C16H19F2N3. The van der Waals surface area contributed by atoms with E-state index >= 15 is 0 Å². The topological polar surface area (TPSA) is 42.2 Å². The van der Waals surface area contributed by atoms with E-state index in [1.807, 2.05) is 36.9 Å². The van der Waals surface area contributed by atoms with Gasteiger partial charge in [0.25, 0.3) is 6.43 Å². The number of rotatable bonds is 5. The molecule has 0 aliphatic heterocycles. The third-order valence-electron chi connectivity index (χ3n) is 3.31. The highest BCUT2D eigenvalue weighted by Gasteiger charge is 2.18. The second kappa shape index (κ2) is 6.52. The van der Waals surface area contributed by atoms with Crippen LogP contribution in [0.4, 0.5) is 20.2 Å². The van der Waals surface area contributed by atoms with Crippen molar-refractivity contribution < 1.29 is 8.78 Å². The van der Waals surface area contributed by atoms with Crippen LogP contribution in [-0.2, 0) is 6.54 Å². The molecule has 0 aliphatic carbocycles. The highest BCUT2D eigenvalue weighted by Crippen LogP contribution is 2.32. The fourth-order valence-electron chi connectivity index (χ4n) is 2.29. The maximum atomic E-state index is 13.2. The summed E-state index contributed by atoms with van der Waals surface area (Å²) in [6.07, 6.45) is -2.55. The number of aromatic nitrogens is 1. The predicted octanol–water partition coefficient (Wildman–Crippen LogP) is 3.94. The summed E-state index contributed by atoms with van der Waals surface area (Å²) in [5.74, 6) is 0. The normalized spacial score (nSPS) is 10.9. The zero-order valence-corrected chi connectivity index (χ0v) is 12.2. The molecule has 2 rings (SSSR count). The zero-order valence-electron chi connectivity index (χ0n) is 12.2. The van der Waals surface area contributed by atoms with Crippen LogP contribution in [0.15, 0.2) is 36.4 Å². The van der Waals surface area contributed by atoms with Crippen molar-refractivity contribution in [3.63, 3.8) is 0 Å². The number of hydrogen-bond acceptors (Lipinski definition) is 3. The summed E-state index contributed by atoms with van der Waals surface area (Å²) in [6.45, 7) is 4.94. The van der Waals surface area contributed by atoms with E-state index in [0.717, 1.165) is 11.4 Å². The lowest BCUT2D eigenvalue weighted by molar-refractivity contribution is 0.152. The molecule has 0 spiro atoms. The second-order valence-corrected chi connectivity index (χ2v) is 4.90. The van der Waals surface area contributed by atoms with Crippen molar-refractivity contribution in [1.82, 2.24) is 4.98 Å². The van der Waals surface area contributed by atoms with Crippen molar-refractivity contribution in [2.75, 3.05) is 17.2 Å². The fourth-order valence-corrected chi connectivity index (χ4v) is 2.29. The Hall–Kier alpha value is -2.17. The molecule has 2 aromatic rings. The van der Waals surface area contributed by atoms with E-state index in [-0.39, 0.29) is 5.56 Å². The van der Waals surface area contributed by atoms with Crippen LogP contribution in [0, 0.1) is 6.92 Å². The van der Waals surface area contributed by atoms with Gasteiger partial charge < -0.3 is 10.6 Å². The third kappa shape index (κ3) is 3.68. The van der Waals surface area contributed by atoms with Gasteiger partial charge in [-0.3, -0.25) is 4.98 Å². The van der Waals surface area contributed by atoms with Gasteiger partial charge in [0.05, 0.1) is 12.2 Å². The predicted molar refractivity (Wildman–Crippen MR) is 81.5 cm³/mol. The molecule has 3 nitrogen and oxygen atoms in total. The van der Waals surface area contributed by atoms with Crippen LogP contribution in [0.1, 0.15) is 30.3 Å². The van der Waals surface area contributed by atoms with Gasteiger partial charge in [0.2, 0.25) is 0 Å². The van der Waals surface area contributed by atoms with E-state index in [1.165, 1.54) is 6.07 Å². The molecule has 0 bridgehead atoms. The molecule has 21 heavy (non-hydrogen) atoms. The number of pyridine rings is 1. The van der Waals surface area contributed by atoms with Crippen LogP contribution in [0.5, 0.6) is 0 Å². The van der Waals surface area contributed by atoms with Gasteiger partial charge in [-0.1, -0.05) is 6.07 Å². The van der Waals surface area contributed by atoms with Crippen molar-refractivity contribution in [3.05, 3.63) is 53.3 Å². The molecule has 2 N–H and O–H groups in total. The minimum absolute atomic E-state index is 0.0375. The van der Waals surface area contributed by atoms with E-state index < -0.39 is 6.43 Å². The first-order chi connectivity index (χ1) is 10.0.